The first-order valence-corrected chi connectivity index (χ1v) is 10.5. The third kappa shape index (κ3) is 5.14. The van der Waals surface area contributed by atoms with E-state index in [1.807, 2.05) is 24.3 Å². The van der Waals surface area contributed by atoms with Crippen molar-refractivity contribution in [3.8, 4) is 0 Å². The maximum absolute atomic E-state index is 12.6. The van der Waals surface area contributed by atoms with Crippen LogP contribution in [0, 0.1) is 6.92 Å². The van der Waals surface area contributed by atoms with E-state index in [0.29, 0.717) is 22.6 Å². The third-order valence-electron chi connectivity index (χ3n) is 5.74. The molecule has 0 saturated carbocycles. The molecule has 8 heteroatoms. The summed E-state index contributed by atoms with van der Waals surface area (Å²) in [5, 5.41) is 2.86. The Balaban J connectivity index is 1.67. The highest BCUT2D eigenvalue weighted by atomic mass is 16.5. The number of rotatable bonds is 7. The van der Waals surface area contributed by atoms with Crippen LogP contribution in [0.2, 0.25) is 0 Å². The van der Waals surface area contributed by atoms with Crippen LogP contribution in [-0.2, 0) is 16.0 Å². The van der Waals surface area contributed by atoms with Crippen LogP contribution in [0.1, 0.15) is 46.0 Å². The molecular formula is C23H30N4O4. The van der Waals surface area contributed by atoms with Crippen molar-refractivity contribution in [2.24, 2.45) is 0 Å². The van der Waals surface area contributed by atoms with Crippen LogP contribution in [0.25, 0.3) is 0 Å². The molecule has 0 aliphatic carbocycles. The van der Waals surface area contributed by atoms with Gasteiger partial charge in [0.15, 0.2) is 5.78 Å². The largest absolute Gasteiger partial charge is 0.465 e. The number of hydrogen-bond donors (Lipinski definition) is 2. The SMILES string of the molecule is CCN1CCN(c2ccc(NC(=O)Cc3[nH]c(C(C)=O)c(C)c3C(=O)OC)cc2)CC1. The summed E-state index contributed by atoms with van der Waals surface area (Å²) < 4.78 is 4.83. The number of aromatic nitrogens is 1. The number of esters is 1. The number of Topliss-reactive ketones (excluding diaryl/α,β-unsaturated/α-hetero) is 1. The lowest BCUT2D eigenvalue weighted by Crippen LogP contribution is -2.46. The van der Waals surface area contributed by atoms with E-state index in [0.717, 1.165) is 38.4 Å². The molecule has 0 bridgehead atoms. The number of aromatic amines is 1. The second-order valence-corrected chi connectivity index (χ2v) is 7.72. The van der Waals surface area contributed by atoms with Crippen molar-refractivity contribution in [1.29, 1.82) is 0 Å². The summed E-state index contributed by atoms with van der Waals surface area (Å²) in [7, 11) is 1.27. The first-order chi connectivity index (χ1) is 14.8. The van der Waals surface area contributed by atoms with E-state index in [9.17, 15) is 14.4 Å². The van der Waals surface area contributed by atoms with E-state index in [-0.39, 0.29) is 23.7 Å². The number of likely N-dealkylation sites (N-methyl/N-ethyl adjacent to an activating group) is 1. The fraction of sp³-hybridized carbons (Fsp3) is 0.435. The summed E-state index contributed by atoms with van der Waals surface area (Å²) in [6.07, 6.45) is -0.0702. The molecule has 3 rings (SSSR count). The minimum atomic E-state index is -0.573. The molecule has 1 fully saturated rings. The second kappa shape index (κ2) is 9.78. The molecule has 1 aliphatic rings. The van der Waals surface area contributed by atoms with Gasteiger partial charge in [0.1, 0.15) is 0 Å². The summed E-state index contributed by atoms with van der Waals surface area (Å²) in [4.78, 5) is 44.3. The standard InChI is InChI=1S/C23H30N4O4/c1-5-26-10-12-27(13-11-26)18-8-6-17(7-9-18)24-20(29)14-19-21(23(30)31-4)15(2)22(25-19)16(3)28/h6-9,25H,5,10-14H2,1-4H3,(H,24,29). The lowest BCUT2D eigenvalue weighted by molar-refractivity contribution is -0.115. The molecule has 2 N–H and O–H groups in total. The van der Waals surface area contributed by atoms with Gasteiger partial charge in [-0.15, -0.1) is 0 Å². The molecule has 0 spiro atoms. The molecular weight excluding hydrogens is 396 g/mol. The highest BCUT2D eigenvalue weighted by Crippen LogP contribution is 2.22. The number of benzene rings is 1. The van der Waals surface area contributed by atoms with Crippen molar-refractivity contribution in [2.75, 3.05) is 50.1 Å². The van der Waals surface area contributed by atoms with Crippen LogP contribution in [0.5, 0.6) is 0 Å². The van der Waals surface area contributed by atoms with Gasteiger partial charge in [-0.3, -0.25) is 9.59 Å². The van der Waals surface area contributed by atoms with Crippen molar-refractivity contribution >= 4 is 29.0 Å². The number of amides is 1. The Morgan fingerprint density at radius 2 is 1.74 bits per heavy atom. The lowest BCUT2D eigenvalue weighted by Gasteiger charge is -2.35. The van der Waals surface area contributed by atoms with Crippen LogP contribution in [-0.4, -0.2) is 67.4 Å². The molecule has 8 nitrogen and oxygen atoms in total. The number of nitrogens with one attached hydrogen (secondary N) is 2. The first kappa shape index (κ1) is 22.6. The molecule has 1 aliphatic heterocycles. The third-order valence-corrected chi connectivity index (χ3v) is 5.74. The first-order valence-electron chi connectivity index (χ1n) is 10.5. The Labute approximate surface area is 182 Å². The van der Waals surface area contributed by atoms with Gasteiger partial charge in [0, 0.05) is 50.2 Å². The average molecular weight is 427 g/mol. The monoisotopic (exact) mass is 426 g/mol. The molecule has 2 aromatic rings. The van der Waals surface area contributed by atoms with Gasteiger partial charge in [0.2, 0.25) is 5.91 Å². The van der Waals surface area contributed by atoms with E-state index in [1.54, 1.807) is 6.92 Å². The van der Waals surface area contributed by atoms with Crippen molar-refractivity contribution < 1.29 is 19.1 Å². The fourth-order valence-electron chi connectivity index (χ4n) is 3.97. The number of nitrogens with zero attached hydrogens (tertiary/aromatic N) is 2. The molecule has 1 amide bonds. The molecule has 1 aromatic heterocycles. The van der Waals surface area contributed by atoms with Crippen molar-refractivity contribution in [3.63, 3.8) is 0 Å². The van der Waals surface area contributed by atoms with Gasteiger partial charge in [0.05, 0.1) is 24.8 Å². The van der Waals surface area contributed by atoms with Crippen LogP contribution in [0.15, 0.2) is 24.3 Å². The number of anilines is 2. The minimum Gasteiger partial charge on any atom is -0.465 e. The Bertz CT molecular complexity index is 957. The van der Waals surface area contributed by atoms with Crippen LogP contribution < -0.4 is 10.2 Å². The maximum atomic E-state index is 12.6. The fourth-order valence-corrected chi connectivity index (χ4v) is 3.97. The van der Waals surface area contributed by atoms with E-state index in [4.69, 9.17) is 4.74 Å². The number of ether oxygens (including phenoxy) is 1. The summed E-state index contributed by atoms with van der Waals surface area (Å²) >= 11 is 0. The molecule has 0 unspecified atom stereocenters. The van der Waals surface area contributed by atoms with Gasteiger partial charge < -0.3 is 24.8 Å². The number of H-pyrrole nitrogens is 1. The van der Waals surface area contributed by atoms with E-state index < -0.39 is 5.97 Å². The normalized spacial score (nSPS) is 14.4. The predicted molar refractivity (Wildman–Crippen MR) is 120 cm³/mol. The maximum Gasteiger partial charge on any atom is 0.339 e. The Hall–Kier alpha value is -3.13. The van der Waals surface area contributed by atoms with Gasteiger partial charge in [-0.05, 0) is 43.3 Å². The predicted octanol–water partition coefficient (Wildman–Crippen LogP) is 2.64. The summed E-state index contributed by atoms with van der Waals surface area (Å²) in [6, 6.07) is 7.76. The van der Waals surface area contributed by atoms with E-state index >= 15 is 0 Å². The number of ketones is 1. The smallest absolute Gasteiger partial charge is 0.339 e. The number of methoxy groups -OCH3 is 1. The second-order valence-electron chi connectivity index (χ2n) is 7.72. The van der Waals surface area contributed by atoms with Gasteiger partial charge >= 0.3 is 5.97 Å². The average Bonchev–Trinajstić information content (AvgIpc) is 3.09. The van der Waals surface area contributed by atoms with Gasteiger partial charge in [0.25, 0.3) is 0 Å². The Morgan fingerprint density at radius 3 is 2.29 bits per heavy atom. The minimum absolute atomic E-state index is 0.0702. The topological polar surface area (TPSA) is 94.7 Å². The van der Waals surface area contributed by atoms with Gasteiger partial charge in [-0.2, -0.15) is 0 Å². The van der Waals surface area contributed by atoms with Crippen molar-refractivity contribution in [3.05, 3.63) is 46.8 Å². The number of carbonyl (C=O) groups excluding carboxylic acids is 3. The van der Waals surface area contributed by atoms with Gasteiger partial charge in [-0.1, -0.05) is 6.92 Å². The van der Waals surface area contributed by atoms with Crippen LogP contribution in [0.4, 0.5) is 11.4 Å². The number of carbonyl (C=O) groups is 3. The quantitative estimate of drug-likeness (QED) is 0.522. The lowest BCUT2D eigenvalue weighted by atomic mass is 10.1. The molecule has 2 heterocycles. The number of hydrogen-bond acceptors (Lipinski definition) is 6. The molecule has 1 saturated heterocycles. The van der Waals surface area contributed by atoms with E-state index in [2.05, 4.69) is 27.0 Å². The highest BCUT2D eigenvalue weighted by molar-refractivity contribution is 6.02. The van der Waals surface area contributed by atoms with E-state index in [1.165, 1.54) is 14.0 Å². The molecule has 31 heavy (non-hydrogen) atoms. The zero-order valence-electron chi connectivity index (χ0n) is 18.6. The van der Waals surface area contributed by atoms with Crippen LogP contribution in [0.3, 0.4) is 0 Å². The molecule has 1 aromatic carbocycles. The summed E-state index contributed by atoms with van der Waals surface area (Å²) in [5.41, 5.74) is 3.23. The summed E-state index contributed by atoms with van der Waals surface area (Å²) in [6.45, 7) is 10.4. The van der Waals surface area contributed by atoms with Crippen molar-refractivity contribution in [2.45, 2.75) is 27.2 Å². The Kier molecular flexibility index (Phi) is 7.12. The van der Waals surface area contributed by atoms with Gasteiger partial charge in [-0.25, -0.2) is 4.79 Å². The Morgan fingerprint density at radius 1 is 1.10 bits per heavy atom. The number of piperazine rings is 1. The molecule has 0 radical (unpaired) electrons. The van der Waals surface area contributed by atoms with Crippen molar-refractivity contribution in [1.82, 2.24) is 9.88 Å². The summed E-state index contributed by atoms with van der Waals surface area (Å²) in [5.74, 6) is -1.06. The molecule has 166 valence electrons. The van der Waals surface area contributed by atoms with Crippen LogP contribution >= 0.6 is 0 Å². The zero-order chi connectivity index (χ0) is 22.5. The highest BCUT2D eigenvalue weighted by Gasteiger charge is 2.24. The zero-order valence-corrected chi connectivity index (χ0v) is 18.6. The molecule has 0 atom stereocenters.